The van der Waals surface area contributed by atoms with E-state index in [2.05, 4.69) is 17.1 Å². The first-order chi connectivity index (χ1) is 13.5. The molecule has 2 aromatic heterocycles. The van der Waals surface area contributed by atoms with Crippen molar-refractivity contribution in [1.82, 2.24) is 9.61 Å². The third-order valence-electron chi connectivity index (χ3n) is 5.59. The molecule has 7 heteroatoms. The van der Waals surface area contributed by atoms with Crippen LogP contribution in [0.15, 0.2) is 52.9 Å². The molecule has 3 heterocycles. The minimum Gasteiger partial charge on any atom is -0.505 e. The lowest BCUT2D eigenvalue weighted by atomic mass is 10.0. The standard InChI is InChI=1S/C21H24N4O3/c1-15-18(26)9-8-16(20(15)27)22-19-17-7-3-4-10-24(17)23-21(19)28-14-13-25(2)11-5-6-12-25/h3-4,7-10H,5-6,11-14H2,1-2H3/p+1. The lowest BCUT2D eigenvalue weighted by Crippen LogP contribution is -2.43. The van der Waals surface area contributed by atoms with Crippen LogP contribution in [0.4, 0.5) is 5.69 Å². The molecule has 0 aromatic carbocycles. The van der Waals surface area contributed by atoms with Crippen molar-refractivity contribution >= 4 is 22.7 Å². The van der Waals surface area contributed by atoms with Gasteiger partial charge >= 0.3 is 0 Å². The highest BCUT2D eigenvalue weighted by Crippen LogP contribution is 2.33. The van der Waals surface area contributed by atoms with Crippen LogP contribution in [0.1, 0.15) is 19.8 Å². The second-order valence-electron chi connectivity index (χ2n) is 7.70. The SMILES string of the molecule is CC1=C(O)C(=Nc2c(OCC[N+]3(C)CCCC3)nn3ccccc23)C=CC1=O. The topological polar surface area (TPSA) is 76.2 Å². The van der Waals surface area contributed by atoms with Gasteiger partial charge in [0.05, 0.1) is 25.7 Å². The Bertz CT molecular complexity index is 1010. The highest BCUT2D eigenvalue weighted by atomic mass is 16.5. The number of carbonyl (C=O) groups excluding carboxylic acids is 1. The van der Waals surface area contributed by atoms with Gasteiger partial charge in [-0.3, -0.25) is 4.79 Å². The number of fused-ring (bicyclic) bond motifs is 1. The van der Waals surface area contributed by atoms with E-state index in [0.29, 0.717) is 23.9 Å². The van der Waals surface area contributed by atoms with E-state index in [4.69, 9.17) is 4.74 Å². The minimum absolute atomic E-state index is 0.108. The highest BCUT2D eigenvalue weighted by molar-refractivity contribution is 6.21. The van der Waals surface area contributed by atoms with Gasteiger partial charge in [0.15, 0.2) is 11.5 Å². The molecular formula is C21H25N4O3+. The average molecular weight is 381 g/mol. The number of ketones is 1. The number of aliphatic hydroxyl groups excluding tert-OH is 1. The van der Waals surface area contributed by atoms with E-state index in [9.17, 15) is 9.90 Å². The van der Waals surface area contributed by atoms with Crippen molar-refractivity contribution in [3.8, 4) is 5.88 Å². The number of rotatable bonds is 5. The summed E-state index contributed by atoms with van der Waals surface area (Å²) in [6.07, 6.45) is 7.30. The quantitative estimate of drug-likeness (QED) is 0.638. The van der Waals surface area contributed by atoms with Crippen LogP contribution < -0.4 is 4.74 Å². The Kier molecular flexibility index (Phi) is 4.77. The Balaban J connectivity index is 1.65. The molecule has 0 amide bonds. The van der Waals surface area contributed by atoms with Gasteiger partial charge in [-0.15, -0.1) is 5.10 Å². The molecule has 0 spiro atoms. The fraction of sp³-hybridized carbons (Fsp3) is 0.381. The van der Waals surface area contributed by atoms with Crippen molar-refractivity contribution in [1.29, 1.82) is 0 Å². The summed E-state index contributed by atoms with van der Waals surface area (Å²) < 4.78 is 8.76. The molecule has 1 fully saturated rings. The number of likely N-dealkylation sites (N-methyl/N-ethyl adjacent to an activating group) is 1. The number of aromatic nitrogens is 2. The van der Waals surface area contributed by atoms with E-state index in [1.165, 1.54) is 38.1 Å². The van der Waals surface area contributed by atoms with E-state index in [1.807, 2.05) is 24.4 Å². The van der Waals surface area contributed by atoms with Gasteiger partial charge < -0.3 is 14.3 Å². The summed E-state index contributed by atoms with van der Waals surface area (Å²) >= 11 is 0. The molecule has 0 radical (unpaired) electrons. The van der Waals surface area contributed by atoms with Gasteiger partial charge in [-0.2, -0.15) is 0 Å². The van der Waals surface area contributed by atoms with Crippen molar-refractivity contribution in [2.24, 2.45) is 4.99 Å². The summed E-state index contributed by atoms with van der Waals surface area (Å²) in [5.74, 6) is 0.111. The predicted molar refractivity (Wildman–Crippen MR) is 107 cm³/mol. The maximum Gasteiger partial charge on any atom is 0.260 e. The van der Waals surface area contributed by atoms with Crippen LogP contribution in [0.3, 0.4) is 0 Å². The molecular weight excluding hydrogens is 356 g/mol. The van der Waals surface area contributed by atoms with Crippen LogP contribution in [-0.2, 0) is 4.79 Å². The van der Waals surface area contributed by atoms with E-state index in [1.54, 1.807) is 11.4 Å². The molecule has 146 valence electrons. The summed E-state index contributed by atoms with van der Waals surface area (Å²) in [4.78, 5) is 16.3. The maximum atomic E-state index is 11.7. The second-order valence-corrected chi connectivity index (χ2v) is 7.70. The summed E-state index contributed by atoms with van der Waals surface area (Å²) in [6, 6.07) is 5.69. The molecule has 1 saturated heterocycles. The normalized spacial score (nSPS) is 20.5. The van der Waals surface area contributed by atoms with Gasteiger partial charge in [0, 0.05) is 24.6 Å². The zero-order valence-electron chi connectivity index (χ0n) is 16.3. The third-order valence-corrected chi connectivity index (χ3v) is 5.59. The molecule has 0 saturated carbocycles. The number of ether oxygens (including phenoxy) is 1. The van der Waals surface area contributed by atoms with E-state index < -0.39 is 0 Å². The summed E-state index contributed by atoms with van der Waals surface area (Å²) in [5, 5.41) is 14.8. The average Bonchev–Trinajstić information content (AvgIpc) is 3.26. The van der Waals surface area contributed by atoms with Crippen LogP contribution >= 0.6 is 0 Å². The highest BCUT2D eigenvalue weighted by Gasteiger charge is 2.27. The first kappa shape index (κ1) is 18.4. The van der Waals surface area contributed by atoms with Crippen molar-refractivity contribution in [2.75, 3.05) is 33.3 Å². The Morgan fingerprint density at radius 2 is 2.07 bits per heavy atom. The fourth-order valence-corrected chi connectivity index (χ4v) is 3.73. The Morgan fingerprint density at radius 3 is 2.86 bits per heavy atom. The smallest absolute Gasteiger partial charge is 0.260 e. The van der Waals surface area contributed by atoms with Crippen LogP contribution in [-0.4, -0.2) is 64.0 Å². The zero-order valence-corrected chi connectivity index (χ0v) is 16.3. The maximum absolute atomic E-state index is 11.7. The number of likely N-dealkylation sites (tertiary alicyclic amines) is 1. The fourth-order valence-electron chi connectivity index (χ4n) is 3.73. The third kappa shape index (κ3) is 3.45. The van der Waals surface area contributed by atoms with E-state index in [-0.39, 0.29) is 17.1 Å². The van der Waals surface area contributed by atoms with Crippen LogP contribution in [0.25, 0.3) is 5.52 Å². The minimum atomic E-state index is -0.213. The van der Waals surface area contributed by atoms with Crippen molar-refractivity contribution in [2.45, 2.75) is 19.8 Å². The lowest BCUT2D eigenvalue weighted by Gasteiger charge is -2.28. The Labute approximate surface area is 163 Å². The molecule has 0 bridgehead atoms. The number of pyridine rings is 1. The van der Waals surface area contributed by atoms with Gasteiger partial charge in [-0.25, -0.2) is 9.51 Å². The predicted octanol–water partition coefficient (Wildman–Crippen LogP) is 3.00. The molecule has 28 heavy (non-hydrogen) atoms. The summed E-state index contributed by atoms with van der Waals surface area (Å²) in [6.45, 7) is 5.42. The second kappa shape index (κ2) is 7.24. The van der Waals surface area contributed by atoms with Gasteiger partial charge in [-0.1, -0.05) is 6.07 Å². The van der Waals surface area contributed by atoms with Crippen LogP contribution in [0.2, 0.25) is 0 Å². The molecule has 1 N–H and O–H groups in total. The number of nitrogens with zero attached hydrogens (tertiary/aromatic N) is 4. The first-order valence-corrected chi connectivity index (χ1v) is 9.62. The van der Waals surface area contributed by atoms with Crippen LogP contribution in [0, 0.1) is 0 Å². The zero-order chi connectivity index (χ0) is 19.7. The molecule has 7 nitrogen and oxygen atoms in total. The lowest BCUT2D eigenvalue weighted by molar-refractivity contribution is -0.897. The number of quaternary nitrogens is 1. The van der Waals surface area contributed by atoms with Crippen molar-refractivity contribution in [3.63, 3.8) is 0 Å². The van der Waals surface area contributed by atoms with Gasteiger partial charge in [-0.05, 0) is 31.2 Å². The number of hydrogen-bond acceptors (Lipinski definition) is 5. The van der Waals surface area contributed by atoms with E-state index in [0.717, 1.165) is 16.5 Å². The van der Waals surface area contributed by atoms with Crippen molar-refractivity contribution in [3.05, 3.63) is 47.9 Å². The molecule has 0 unspecified atom stereocenters. The monoisotopic (exact) mass is 381 g/mol. The van der Waals surface area contributed by atoms with E-state index >= 15 is 0 Å². The number of hydrogen-bond donors (Lipinski definition) is 1. The number of aliphatic hydroxyl groups is 1. The van der Waals surface area contributed by atoms with Gasteiger partial charge in [0.2, 0.25) is 0 Å². The Hall–Kier alpha value is -2.93. The first-order valence-electron chi connectivity index (χ1n) is 9.62. The summed E-state index contributed by atoms with van der Waals surface area (Å²) in [7, 11) is 2.26. The number of aliphatic imine (C=N–C) groups is 1. The summed E-state index contributed by atoms with van der Waals surface area (Å²) in [5.41, 5.74) is 1.95. The molecule has 1 aliphatic heterocycles. The molecule has 2 aliphatic rings. The molecule has 4 rings (SSSR count). The van der Waals surface area contributed by atoms with Gasteiger partial charge in [0.1, 0.15) is 24.6 Å². The molecule has 2 aromatic rings. The van der Waals surface area contributed by atoms with Gasteiger partial charge in [0.25, 0.3) is 5.88 Å². The van der Waals surface area contributed by atoms with Crippen molar-refractivity contribution < 1.29 is 19.1 Å². The molecule has 0 atom stereocenters. The molecule has 1 aliphatic carbocycles. The number of allylic oxidation sites excluding steroid dienone is 3. The number of carbonyl (C=O) groups is 1. The Morgan fingerprint density at radius 1 is 1.29 bits per heavy atom. The largest absolute Gasteiger partial charge is 0.505 e. The van der Waals surface area contributed by atoms with Crippen LogP contribution in [0.5, 0.6) is 5.88 Å².